The molecule has 2 aromatic carbocycles. The Morgan fingerprint density at radius 2 is 1.77 bits per heavy atom. The fourth-order valence-corrected chi connectivity index (χ4v) is 5.39. The molecule has 0 atom stereocenters. The molecule has 0 unspecified atom stereocenters. The van der Waals surface area contributed by atoms with Crippen molar-refractivity contribution in [2.24, 2.45) is 5.92 Å². The molecule has 1 aliphatic heterocycles. The molecule has 1 fully saturated rings. The summed E-state index contributed by atoms with van der Waals surface area (Å²) in [6.45, 7) is 2.84. The van der Waals surface area contributed by atoms with E-state index in [4.69, 9.17) is 4.74 Å². The SMILES string of the molecule is CCCN(CC1CC1)C(=O)COC(=O)c1ccc2c(c1)S(=O)(=O)c1ccccc1C2=O. The second-order valence-electron chi connectivity index (χ2n) is 7.90. The number of hydrogen-bond acceptors (Lipinski definition) is 6. The quantitative estimate of drug-likeness (QED) is 0.523. The molecule has 1 heterocycles. The Bertz CT molecular complexity index is 1170. The molecule has 1 amide bonds. The average molecular weight is 442 g/mol. The normalized spacial score (nSPS) is 16.2. The molecule has 1 aliphatic carbocycles. The molecule has 8 heteroatoms. The van der Waals surface area contributed by atoms with Crippen LogP contribution in [0.4, 0.5) is 0 Å². The predicted molar refractivity (Wildman–Crippen MR) is 112 cm³/mol. The molecule has 0 spiro atoms. The molecule has 0 N–H and O–H groups in total. The van der Waals surface area contributed by atoms with Gasteiger partial charge in [0.25, 0.3) is 5.91 Å². The Labute approximate surface area is 180 Å². The number of fused-ring (bicyclic) bond motifs is 2. The summed E-state index contributed by atoms with van der Waals surface area (Å²) in [6.07, 6.45) is 3.03. The van der Waals surface area contributed by atoms with Crippen LogP contribution in [0, 0.1) is 5.92 Å². The first kappa shape index (κ1) is 21.2. The number of ether oxygens (including phenoxy) is 1. The zero-order valence-electron chi connectivity index (χ0n) is 17.2. The minimum Gasteiger partial charge on any atom is -0.452 e. The highest BCUT2D eigenvalue weighted by Gasteiger charge is 2.35. The van der Waals surface area contributed by atoms with Gasteiger partial charge in [0.1, 0.15) is 0 Å². The molecule has 0 saturated heterocycles. The third kappa shape index (κ3) is 4.12. The van der Waals surface area contributed by atoms with Crippen LogP contribution in [0.1, 0.15) is 52.5 Å². The zero-order valence-corrected chi connectivity index (χ0v) is 18.0. The van der Waals surface area contributed by atoms with Gasteiger partial charge in [-0.15, -0.1) is 0 Å². The lowest BCUT2D eigenvalue weighted by Gasteiger charge is -2.22. The van der Waals surface area contributed by atoms with Crippen molar-refractivity contribution in [2.45, 2.75) is 36.0 Å². The third-order valence-corrected chi connectivity index (χ3v) is 7.37. The summed E-state index contributed by atoms with van der Waals surface area (Å²) in [7, 11) is -3.95. The molecule has 0 radical (unpaired) electrons. The molecule has 2 aromatic rings. The number of benzene rings is 2. The summed E-state index contributed by atoms with van der Waals surface area (Å²) < 4.78 is 31.1. The van der Waals surface area contributed by atoms with Crippen LogP contribution in [0.3, 0.4) is 0 Å². The second kappa shape index (κ2) is 8.26. The van der Waals surface area contributed by atoms with Crippen molar-refractivity contribution in [1.82, 2.24) is 4.90 Å². The van der Waals surface area contributed by atoms with Gasteiger partial charge in [-0.2, -0.15) is 0 Å². The van der Waals surface area contributed by atoms with Crippen molar-refractivity contribution < 1.29 is 27.5 Å². The Balaban J connectivity index is 1.52. The van der Waals surface area contributed by atoms with Gasteiger partial charge in [0.2, 0.25) is 9.84 Å². The molecule has 162 valence electrons. The number of nitrogens with zero attached hydrogens (tertiary/aromatic N) is 1. The first-order chi connectivity index (χ1) is 14.8. The van der Waals surface area contributed by atoms with Crippen LogP contribution in [0.5, 0.6) is 0 Å². The van der Waals surface area contributed by atoms with Crippen molar-refractivity contribution in [1.29, 1.82) is 0 Å². The van der Waals surface area contributed by atoms with Crippen LogP contribution in [0.15, 0.2) is 52.3 Å². The van der Waals surface area contributed by atoms with E-state index in [2.05, 4.69) is 0 Å². The highest BCUT2D eigenvalue weighted by molar-refractivity contribution is 7.91. The summed E-state index contributed by atoms with van der Waals surface area (Å²) in [4.78, 5) is 39.1. The number of amides is 1. The van der Waals surface area contributed by atoms with E-state index in [9.17, 15) is 22.8 Å². The fraction of sp³-hybridized carbons (Fsp3) is 0.348. The van der Waals surface area contributed by atoms with Gasteiger partial charge in [0.05, 0.1) is 15.4 Å². The topological polar surface area (TPSA) is 97.8 Å². The number of rotatable bonds is 7. The molecule has 1 saturated carbocycles. The predicted octanol–water partition coefficient (Wildman–Crippen LogP) is 2.87. The van der Waals surface area contributed by atoms with Gasteiger partial charge in [-0.1, -0.05) is 19.1 Å². The van der Waals surface area contributed by atoms with E-state index in [0.29, 0.717) is 19.0 Å². The standard InChI is InChI=1S/C23H23NO6S/c1-2-11-24(13-15-7-8-15)21(25)14-30-23(27)16-9-10-18-20(12-16)31(28,29)19-6-4-3-5-17(19)22(18)26/h3-6,9-10,12,15H,2,7-8,11,13-14H2,1H3. The van der Waals surface area contributed by atoms with Gasteiger partial charge < -0.3 is 9.64 Å². The minimum absolute atomic E-state index is 0.0184. The molecule has 7 nitrogen and oxygen atoms in total. The largest absolute Gasteiger partial charge is 0.452 e. The summed E-state index contributed by atoms with van der Waals surface area (Å²) in [5.74, 6) is -0.958. The van der Waals surface area contributed by atoms with Crippen LogP contribution >= 0.6 is 0 Å². The minimum atomic E-state index is -3.95. The number of carbonyl (C=O) groups excluding carboxylic acids is 3. The zero-order chi connectivity index (χ0) is 22.2. The van der Waals surface area contributed by atoms with Crippen molar-refractivity contribution in [2.75, 3.05) is 19.7 Å². The van der Waals surface area contributed by atoms with E-state index in [0.717, 1.165) is 25.3 Å². The Morgan fingerprint density at radius 3 is 2.48 bits per heavy atom. The van der Waals surface area contributed by atoms with Gasteiger partial charge in [0, 0.05) is 24.2 Å². The van der Waals surface area contributed by atoms with Crippen LogP contribution < -0.4 is 0 Å². The summed E-state index contributed by atoms with van der Waals surface area (Å²) in [6, 6.07) is 9.81. The molecule has 0 aromatic heterocycles. The van der Waals surface area contributed by atoms with E-state index in [1.807, 2.05) is 6.92 Å². The number of hydrogen-bond donors (Lipinski definition) is 0. The first-order valence-corrected chi connectivity index (χ1v) is 11.8. The number of sulfone groups is 1. The first-order valence-electron chi connectivity index (χ1n) is 10.3. The van der Waals surface area contributed by atoms with Gasteiger partial charge >= 0.3 is 5.97 Å². The van der Waals surface area contributed by atoms with Crippen molar-refractivity contribution in [3.63, 3.8) is 0 Å². The number of esters is 1. The number of ketones is 1. The summed E-state index contributed by atoms with van der Waals surface area (Å²) >= 11 is 0. The van der Waals surface area contributed by atoms with Crippen LogP contribution in [-0.4, -0.2) is 50.7 Å². The van der Waals surface area contributed by atoms with Crippen molar-refractivity contribution >= 4 is 27.5 Å². The average Bonchev–Trinajstić information content (AvgIpc) is 3.59. The lowest BCUT2D eigenvalue weighted by atomic mass is 10.0. The number of carbonyl (C=O) groups is 3. The lowest BCUT2D eigenvalue weighted by molar-refractivity contribution is -0.134. The van der Waals surface area contributed by atoms with Crippen molar-refractivity contribution in [3.8, 4) is 0 Å². The maximum atomic E-state index is 13.0. The maximum Gasteiger partial charge on any atom is 0.338 e. The monoisotopic (exact) mass is 441 g/mol. The molecular weight excluding hydrogens is 418 g/mol. The van der Waals surface area contributed by atoms with Crippen LogP contribution in [0.25, 0.3) is 0 Å². The van der Waals surface area contributed by atoms with Crippen LogP contribution in [-0.2, 0) is 19.4 Å². The van der Waals surface area contributed by atoms with Gasteiger partial charge in [0.15, 0.2) is 12.4 Å². The van der Waals surface area contributed by atoms with E-state index in [-0.39, 0.29) is 32.4 Å². The fourth-order valence-electron chi connectivity index (χ4n) is 3.71. The smallest absolute Gasteiger partial charge is 0.338 e. The summed E-state index contributed by atoms with van der Waals surface area (Å²) in [5.41, 5.74) is 0.110. The third-order valence-electron chi connectivity index (χ3n) is 5.52. The van der Waals surface area contributed by atoms with E-state index >= 15 is 0 Å². The van der Waals surface area contributed by atoms with E-state index in [1.54, 1.807) is 17.0 Å². The molecule has 0 bridgehead atoms. The second-order valence-corrected chi connectivity index (χ2v) is 9.79. The van der Waals surface area contributed by atoms with Gasteiger partial charge in [-0.25, -0.2) is 13.2 Å². The van der Waals surface area contributed by atoms with E-state index < -0.39 is 28.2 Å². The highest BCUT2D eigenvalue weighted by Crippen LogP contribution is 2.35. The molecular formula is C23H23NO6S. The molecule has 31 heavy (non-hydrogen) atoms. The highest BCUT2D eigenvalue weighted by atomic mass is 32.2. The summed E-state index contributed by atoms with van der Waals surface area (Å²) in [5, 5.41) is 0. The van der Waals surface area contributed by atoms with Crippen molar-refractivity contribution in [3.05, 3.63) is 59.2 Å². The Kier molecular flexibility index (Phi) is 5.66. The Hall–Kier alpha value is -3.00. The maximum absolute atomic E-state index is 13.0. The molecule has 4 rings (SSSR count). The Morgan fingerprint density at radius 1 is 1.06 bits per heavy atom. The molecule has 2 aliphatic rings. The van der Waals surface area contributed by atoms with Gasteiger partial charge in [-0.05, 0) is 55.5 Å². The van der Waals surface area contributed by atoms with E-state index in [1.165, 1.54) is 24.3 Å². The van der Waals surface area contributed by atoms with Crippen LogP contribution in [0.2, 0.25) is 0 Å². The van der Waals surface area contributed by atoms with Gasteiger partial charge in [-0.3, -0.25) is 9.59 Å². The lowest BCUT2D eigenvalue weighted by Crippen LogP contribution is -2.36.